The van der Waals surface area contributed by atoms with Gasteiger partial charge in [-0.2, -0.15) is 0 Å². The number of nitrogens with one attached hydrogen (secondary N) is 1. The largest absolute Gasteiger partial charge is 0.465 e. The van der Waals surface area contributed by atoms with Gasteiger partial charge in [0.1, 0.15) is 0 Å². The predicted molar refractivity (Wildman–Crippen MR) is 157 cm³/mol. The molecule has 226 valence electrons. The van der Waals surface area contributed by atoms with Gasteiger partial charge in [-0.15, -0.1) is 0 Å². The van der Waals surface area contributed by atoms with Gasteiger partial charge in [-0.05, 0) is 54.6 Å². The van der Waals surface area contributed by atoms with Crippen LogP contribution in [0, 0.1) is 16.7 Å². The number of rotatable bonds is 9. The quantitative estimate of drug-likeness (QED) is 0.338. The number of hydrogen-bond acceptors (Lipinski definition) is 6. The van der Waals surface area contributed by atoms with Crippen molar-refractivity contribution in [3.05, 3.63) is 41.5 Å². The number of aliphatic hydroxyl groups is 1. The monoisotopic (exact) mass is 588 g/mol. The SMILES string of the molecule is COC(=O)C[N+](C)(C)CC(=O)NCC1(O)CC2CC[C@]1(CS(=O)(=O)N1CCC3(C=Cc4ccccc43)CC1)C2(C)C. The summed E-state index contributed by atoms with van der Waals surface area (Å²) in [6.07, 6.45) is 7.80. The third-order valence-electron chi connectivity index (χ3n) is 11.1. The molecule has 2 N–H and O–H groups in total. The van der Waals surface area contributed by atoms with Crippen molar-refractivity contribution in [1.29, 1.82) is 0 Å². The summed E-state index contributed by atoms with van der Waals surface area (Å²) in [5.41, 5.74) is -0.230. The molecule has 2 saturated carbocycles. The van der Waals surface area contributed by atoms with E-state index in [9.17, 15) is 23.1 Å². The van der Waals surface area contributed by atoms with Crippen LogP contribution >= 0.6 is 0 Å². The lowest BCUT2D eigenvalue weighted by Crippen LogP contribution is -2.61. The van der Waals surface area contributed by atoms with E-state index in [1.54, 1.807) is 18.4 Å². The molecule has 10 heteroatoms. The van der Waals surface area contributed by atoms with Crippen molar-refractivity contribution < 1.29 is 32.3 Å². The maximum absolute atomic E-state index is 14.1. The molecule has 0 aromatic heterocycles. The van der Waals surface area contributed by atoms with Gasteiger partial charge >= 0.3 is 5.97 Å². The Morgan fingerprint density at radius 2 is 1.80 bits per heavy atom. The molecular weight excluding hydrogens is 542 g/mol. The summed E-state index contributed by atoms with van der Waals surface area (Å²) < 4.78 is 34.6. The molecular formula is C31H46N3O6S+. The second-order valence-electron chi connectivity index (χ2n) is 14.1. The van der Waals surface area contributed by atoms with Gasteiger partial charge in [-0.1, -0.05) is 50.3 Å². The van der Waals surface area contributed by atoms with Crippen molar-refractivity contribution in [2.45, 2.75) is 57.0 Å². The Morgan fingerprint density at radius 3 is 2.46 bits per heavy atom. The minimum Gasteiger partial charge on any atom is -0.465 e. The van der Waals surface area contributed by atoms with Crippen LogP contribution in [-0.2, 0) is 29.8 Å². The van der Waals surface area contributed by atoms with Crippen LogP contribution in [0.5, 0.6) is 0 Å². The molecule has 41 heavy (non-hydrogen) atoms. The van der Waals surface area contributed by atoms with E-state index in [-0.39, 0.29) is 47.1 Å². The molecule has 1 aromatic carbocycles. The Balaban J connectivity index is 1.29. The number of quaternary nitrogens is 1. The molecule has 1 amide bonds. The summed E-state index contributed by atoms with van der Waals surface area (Å²) in [5, 5.41) is 15.0. The van der Waals surface area contributed by atoms with Crippen LogP contribution in [0.3, 0.4) is 0 Å². The lowest BCUT2D eigenvalue weighted by Gasteiger charge is -2.49. The molecule has 4 aliphatic rings. The number of amides is 1. The number of fused-ring (bicyclic) bond motifs is 4. The van der Waals surface area contributed by atoms with Crippen molar-refractivity contribution in [3.63, 3.8) is 0 Å². The smallest absolute Gasteiger partial charge is 0.361 e. The predicted octanol–water partition coefficient (Wildman–Crippen LogP) is 2.30. The van der Waals surface area contributed by atoms with Gasteiger partial charge in [0.2, 0.25) is 10.0 Å². The fourth-order valence-corrected chi connectivity index (χ4v) is 10.8. The Morgan fingerprint density at radius 1 is 1.12 bits per heavy atom. The van der Waals surface area contributed by atoms with E-state index < -0.39 is 32.4 Å². The highest BCUT2D eigenvalue weighted by atomic mass is 32.2. The number of hydrogen-bond donors (Lipinski definition) is 2. The number of sulfonamides is 1. The minimum absolute atomic E-state index is 0.00972. The zero-order chi connectivity index (χ0) is 29.9. The number of esters is 1. The number of nitrogens with zero attached hydrogens (tertiary/aromatic N) is 2. The second kappa shape index (κ2) is 10.2. The lowest BCUT2D eigenvalue weighted by molar-refractivity contribution is -0.875. The van der Waals surface area contributed by atoms with E-state index in [1.807, 2.05) is 12.1 Å². The van der Waals surface area contributed by atoms with Crippen LogP contribution in [0.4, 0.5) is 0 Å². The van der Waals surface area contributed by atoms with E-state index in [2.05, 4.69) is 43.4 Å². The van der Waals surface area contributed by atoms with Crippen LogP contribution in [0.2, 0.25) is 0 Å². The van der Waals surface area contributed by atoms with Crippen molar-refractivity contribution >= 4 is 28.0 Å². The van der Waals surface area contributed by atoms with Crippen LogP contribution in [0.15, 0.2) is 30.3 Å². The van der Waals surface area contributed by atoms with E-state index >= 15 is 0 Å². The molecule has 5 rings (SSSR count). The summed E-state index contributed by atoms with van der Waals surface area (Å²) >= 11 is 0. The van der Waals surface area contributed by atoms with Crippen molar-refractivity contribution in [2.24, 2.45) is 16.7 Å². The molecule has 1 heterocycles. The summed E-state index contributed by atoms with van der Waals surface area (Å²) in [5.74, 6) is -0.649. The fraction of sp³-hybridized carbons (Fsp3) is 0.677. The molecule has 3 aliphatic carbocycles. The molecule has 2 bridgehead atoms. The van der Waals surface area contributed by atoms with E-state index in [1.165, 1.54) is 18.2 Å². The molecule has 9 nitrogen and oxygen atoms in total. The van der Waals surface area contributed by atoms with Gasteiger partial charge < -0.3 is 19.6 Å². The van der Waals surface area contributed by atoms with Gasteiger partial charge in [-0.3, -0.25) is 4.79 Å². The third-order valence-corrected chi connectivity index (χ3v) is 13.1. The zero-order valence-electron chi connectivity index (χ0n) is 25.1. The number of allylic oxidation sites excluding steroid dienone is 1. The number of piperidine rings is 1. The molecule has 3 fully saturated rings. The highest BCUT2D eigenvalue weighted by molar-refractivity contribution is 7.89. The van der Waals surface area contributed by atoms with Gasteiger partial charge in [0.15, 0.2) is 13.1 Å². The molecule has 3 atom stereocenters. The molecule has 1 aromatic rings. The van der Waals surface area contributed by atoms with Gasteiger partial charge in [0, 0.05) is 30.5 Å². The minimum atomic E-state index is -3.68. The van der Waals surface area contributed by atoms with Crippen molar-refractivity contribution in [3.8, 4) is 0 Å². The highest BCUT2D eigenvalue weighted by Crippen LogP contribution is 2.70. The molecule has 0 radical (unpaired) electrons. The maximum atomic E-state index is 14.1. The van der Waals surface area contributed by atoms with Crippen LogP contribution in [0.1, 0.15) is 57.1 Å². The molecule has 1 aliphatic heterocycles. The number of ether oxygens (including phenoxy) is 1. The Hall–Kier alpha value is -2.27. The summed E-state index contributed by atoms with van der Waals surface area (Å²) in [4.78, 5) is 24.7. The number of benzene rings is 1. The third kappa shape index (κ3) is 5.04. The van der Waals surface area contributed by atoms with E-state index in [0.29, 0.717) is 25.9 Å². The topological polar surface area (TPSA) is 113 Å². The first-order valence-electron chi connectivity index (χ1n) is 14.7. The van der Waals surface area contributed by atoms with E-state index in [4.69, 9.17) is 4.74 Å². The first-order valence-corrected chi connectivity index (χ1v) is 16.3. The number of carbonyl (C=O) groups is 2. The maximum Gasteiger partial charge on any atom is 0.361 e. The van der Waals surface area contributed by atoms with Crippen molar-refractivity contribution in [2.75, 3.05) is 59.7 Å². The first-order chi connectivity index (χ1) is 19.1. The first kappa shape index (κ1) is 30.2. The molecule has 1 spiro atoms. The standard InChI is InChI=1S/C31H45N3O6S/c1-28(2)24-11-13-30(28,31(37,18-24)21-32-26(35)19-34(3,4)20-27(36)40-5)22-41(38,39)33-16-14-29(15-17-33)12-10-23-8-6-7-9-25(23)29/h6-10,12,24,37H,11,13-22H2,1-5H3/p+1/t24?,30-,31?/m0/s1. The molecule has 2 unspecified atom stereocenters. The van der Waals surface area contributed by atoms with E-state index in [0.717, 1.165) is 19.3 Å². The second-order valence-corrected chi connectivity index (χ2v) is 16.1. The van der Waals surface area contributed by atoms with Gasteiger partial charge in [0.25, 0.3) is 5.91 Å². The van der Waals surface area contributed by atoms with Crippen LogP contribution in [-0.4, -0.2) is 99.5 Å². The average Bonchev–Trinajstić information content (AvgIpc) is 3.42. The van der Waals surface area contributed by atoms with Gasteiger partial charge in [-0.25, -0.2) is 17.5 Å². The lowest BCUT2D eigenvalue weighted by atomic mass is 9.64. The number of methoxy groups -OCH3 is 1. The van der Waals surface area contributed by atoms with Crippen molar-refractivity contribution in [1.82, 2.24) is 9.62 Å². The Kier molecular flexibility index (Phi) is 7.49. The fourth-order valence-electron chi connectivity index (χ4n) is 8.52. The van der Waals surface area contributed by atoms with Crippen LogP contribution < -0.4 is 5.32 Å². The highest BCUT2D eigenvalue weighted by Gasteiger charge is 2.72. The van der Waals surface area contributed by atoms with Crippen LogP contribution in [0.25, 0.3) is 6.08 Å². The zero-order valence-corrected chi connectivity index (χ0v) is 25.9. The summed E-state index contributed by atoms with van der Waals surface area (Å²) in [7, 11) is 1.17. The molecule has 1 saturated heterocycles. The Labute approximate surface area is 244 Å². The summed E-state index contributed by atoms with van der Waals surface area (Å²) in [6.45, 7) is 5.14. The average molecular weight is 589 g/mol. The Bertz CT molecular complexity index is 1350. The summed E-state index contributed by atoms with van der Waals surface area (Å²) in [6, 6.07) is 8.35. The normalized spacial score (nSPS) is 30.0. The number of likely N-dealkylation sites (N-methyl/N-ethyl adjacent to an activating group) is 1. The van der Waals surface area contributed by atoms with Gasteiger partial charge in [0.05, 0.1) is 32.6 Å². The number of carbonyl (C=O) groups excluding carboxylic acids is 2.